The van der Waals surface area contributed by atoms with Gasteiger partial charge in [-0.15, -0.1) is 0 Å². The molecule has 3 aromatic rings. The first-order chi connectivity index (χ1) is 8.33. The lowest BCUT2D eigenvalue weighted by molar-refractivity contribution is 0.595. The molecule has 0 unspecified atom stereocenters. The zero-order chi connectivity index (χ0) is 11.7. The molecule has 0 saturated carbocycles. The molecule has 84 valence electrons. The first kappa shape index (κ1) is 10.6. The monoisotopic (exact) mass is 263 g/mol. The number of fused-ring (bicyclic) bond motifs is 1. The van der Waals surface area contributed by atoms with Crippen molar-refractivity contribution in [3.8, 4) is 0 Å². The molecule has 0 aliphatic heterocycles. The molecule has 0 radical (unpaired) electrons. The fourth-order valence-electron chi connectivity index (χ4n) is 1.33. The molecule has 3 nitrogen and oxygen atoms in total. The average Bonchev–Trinajstić information content (AvgIpc) is 2.74. The van der Waals surface area contributed by atoms with E-state index < -0.39 is 0 Å². The highest BCUT2D eigenvalue weighted by molar-refractivity contribution is 8.01. The van der Waals surface area contributed by atoms with Gasteiger partial charge in [-0.2, -0.15) is 0 Å². The smallest absolute Gasteiger partial charge is 0.157 e. The van der Waals surface area contributed by atoms with Gasteiger partial charge in [0, 0.05) is 12.4 Å². The Bertz CT molecular complexity index is 635. The quantitative estimate of drug-likeness (QED) is 0.710. The summed E-state index contributed by atoms with van der Waals surface area (Å²) in [4.78, 5) is 13.7. The van der Waals surface area contributed by atoms with E-state index in [1.54, 1.807) is 18.5 Å². The van der Waals surface area contributed by atoms with Crippen LogP contribution in [0.15, 0.2) is 46.0 Å². The first-order valence-electron chi connectivity index (χ1n) is 4.82. The Balaban J connectivity index is 1.98. The van der Waals surface area contributed by atoms with Crippen molar-refractivity contribution in [2.75, 3.05) is 0 Å². The minimum absolute atomic E-state index is 0.329. The maximum Gasteiger partial charge on any atom is 0.157 e. The van der Waals surface area contributed by atoms with Gasteiger partial charge in [-0.1, -0.05) is 23.1 Å². The average molecular weight is 263 g/mol. The third-order valence-corrected chi connectivity index (χ3v) is 4.17. The summed E-state index contributed by atoms with van der Waals surface area (Å²) in [5.41, 5.74) is 0.842. The molecule has 6 heteroatoms. The molecule has 0 amide bonds. The van der Waals surface area contributed by atoms with Crippen LogP contribution in [-0.2, 0) is 0 Å². The molecule has 0 aromatic carbocycles. The summed E-state index contributed by atoms with van der Waals surface area (Å²) >= 11 is 2.75. The van der Waals surface area contributed by atoms with Crippen molar-refractivity contribution in [1.82, 2.24) is 15.0 Å². The zero-order valence-electron chi connectivity index (χ0n) is 8.50. The van der Waals surface area contributed by atoms with Gasteiger partial charge in [0.05, 0.1) is 11.1 Å². The second kappa shape index (κ2) is 4.38. The Morgan fingerprint density at radius 3 is 3.00 bits per heavy atom. The summed E-state index contributed by atoms with van der Waals surface area (Å²) in [5.74, 6) is -0.329. The number of hydrogen-bond acceptors (Lipinski definition) is 5. The van der Waals surface area contributed by atoms with Gasteiger partial charge in [0.2, 0.25) is 0 Å². The van der Waals surface area contributed by atoms with Crippen LogP contribution in [-0.4, -0.2) is 15.0 Å². The third kappa shape index (κ3) is 2.13. The van der Waals surface area contributed by atoms with Crippen LogP contribution >= 0.6 is 23.1 Å². The lowest BCUT2D eigenvalue weighted by Gasteiger charge is -1.97. The largest absolute Gasteiger partial charge is 0.262 e. The molecule has 3 rings (SSSR count). The van der Waals surface area contributed by atoms with Crippen molar-refractivity contribution in [3.05, 3.63) is 42.6 Å². The minimum Gasteiger partial charge on any atom is -0.262 e. The standard InChI is InChI=1S/C11H6FN3S2/c12-7-6-13-5-3-9(7)16-11-15-8-2-1-4-14-10(8)17-11/h1-6H. The highest BCUT2D eigenvalue weighted by Gasteiger charge is 2.08. The van der Waals surface area contributed by atoms with Gasteiger partial charge in [-0.05, 0) is 18.2 Å². The van der Waals surface area contributed by atoms with Gasteiger partial charge in [-0.25, -0.2) is 14.4 Å². The van der Waals surface area contributed by atoms with Crippen molar-refractivity contribution < 1.29 is 4.39 Å². The van der Waals surface area contributed by atoms with E-state index in [1.165, 1.54) is 29.3 Å². The molecular formula is C11H6FN3S2. The van der Waals surface area contributed by atoms with Crippen molar-refractivity contribution in [2.24, 2.45) is 0 Å². The van der Waals surface area contributed by atoms with Gasteiger partial charge in [0.15, 0.2) is 10.2 Å². The summed E-state index contributed by atoms with van der Waals surface area (Å²) in [6, 6.07) is 5.37. The summed E-state index contributed by atoms with van der Waals surface area (Å²) in [5, 5.41) is 0. The molecule has 0 fully saturated rings. The highest BCUT2D eigenvalue weighted by atomic mass is 32.2. The molecule has 0 atom stereocenters. The van der Waals surface area contributed by atoms with Crippen LogP contribution in [0.4, 0.5) is 4.39 Å². The molecule has 17 heavy (non-hydrogen) atoms. The Kier molecular flexibility index (Phi) is 2.74. The Morgan fingerprint density at radius 1 is 1.24 bits per heavy atom. The van der Waals surface area contributed by atoms with E-state index in [0.29, 0.717) is 4.90 Å². The maximum atomic E-state index is 13.4. The van der Waals surface area contributed by atoms with E-state index in [1.807, 2.05) is 12.1 Å². The Hall–Kier alpha value is -1.53. The molecule has 0 N–H and O–H groups in total. The summed E-state index contributed by atoms with van der Waals surface area (Å²) in [6.45, 7) is 0. The van der Waals surface area contributed by atoms with Crippen LogP contribution in [0, 0.1) is 5.82 Å². The van der Waals surface area contributed by atoms with Gasteiger partial charge in [-0.3, -0.25) is 4.98 Å². The molecule has 3 aromatic heterocycles. The number of thiazole rings is 1. The number of pyridine rings is 2. The molecule has 0 bridgehead atoms. The van der Waals surface area contributed by atoms with Crippen molar-refractivity contribution in [2.45, 2.75) is 9.24 Å². The van der Waals surface area contributed by atoms with Crippen LogP contribution < -0.4 is 0 Å². The lowest BCUT2D eigenvalue weighted by Crippen LogP contribution is -1.81. The zero-order valence-corrected chi connectivity index (χ0v) is 10.1. The van der Waals surface area contributed by atoms with Crippen LogP contribution in [0.5, 0.6) is 0 Å². The normalized spacial score (nSPS) is 10.9. The molecule has 0 spiro atoms. The summed E-state index contributed by atoms with van der Waals surface area (Å²) < 4.78 is 14.2. The lowest BCUT2D eigenvalue weighted by atomic mass is 10.5. The number of rotatable bonds is 2. The predicted octanol–water partition coefficient (Wildman–Crippen LogP) is 3.38. The Labute approximate surface area is 105 Å². The summed E-state index contributed by atoms with van der Waals surface area (Å²) in [7, 11) is 0. The van der Waals surface area contributed by atoms with E-state index >= 15 is 0 Å². The molecule has 0 aliphatic carbocycles. The topological polar surface area (TPSA) is 38.7 Å². The van der Waals surface area contributed by atoms with Crippen molar-refractivity contribution in [1.29, 1.82) is 0 Å². The van der Waals surface area contributed by atoms with E-state index in [4.69, 9.17) is 0 Å². The van der Waals surface area contributed by atoms with Gasteiger partial charge >= 0.3 is 0 Å². The fraction of sp³-hybridized carbons (Fsp3) is 0. The minimum atomic E-state index is -0.329. The van der Waals surface area contributed by atoms with E-state index in [0.717, 1.165) is 14.7 Å². The predicted molar refractivity (Wildman–Crippen MR) is 65.7 cm³/mol. The first-order valence-corrected chi connectivity index (χ1v) is 6.45. The van der Waals surface area contributed by atoms with E-state index in [9.17, 15) is 4.39 Å². The van der Waals surface area contributed by atoms with Gasteiger partial charge in [0.1, 0.15) is 10.3 Å². The van der Waals surface area contributed by atoms with Crippen molar-refractivity contribution >= 4 is 33.4 Å². The number of nitrogens with zero attached hydrogens (tertiary/aromatic N) is 3. The summed E-state index contributed by atoms with van der Waals surface area (Å²) in [6.07, 6.45) is 4.49. The molecular weight excluding hydrogens is 257 g/mol. The third-order valence-electron chi connectivity index (χ3n) is 2.08. The number of aromatic nitrogens is 3. The fourth-order valence-corrected chi connectivity index (χ4v) is 3.26. The van der Waals surface area contributed by atoms with Gasteiger partial charge < -0.3 is 0 Å². The van der Waals surface area contributed by atoms with Crippen LogP contribution in [0.3, 0.4) is 0 Å². The number of hydrogen-bond donors (Lipinski definition) is 0. The second-order valence-corrected chi connectivity index (χ2v) is 5.48. The van der Waals surface area contributed by atoms with Crippen LogP contribution in [0.1, 0.15) is 0 Å². The molecule has 0 saturated heterocycles. The van der Waals surface area contributed by atoms with Gasteiger partial charge in [0.25, 0.3) is 0 Å². The van der Waals surface area contributed by atoms with E-state index in [-0.39, 0.29) is 5.82 Å². The number of halogens is 1. The molecule has 3 heterocycles. The van der Waals surface area contributed by atoms with Crippen molar-refractivity contribution in [3.63, 3.8) is 0 Å². The van der Waals surface area contributed by atoms with Crippen LogP contribution in [0.25, 0.3) is 10.3 Å². The molecule has 0 aliphatic rings. The maximum absolute atomic E-state index is 13.4. The SMILES string of the molecule is Fc1cnccc1Sc1nc2cccnc2s1. The highest BCUT2D eigenvalue weighted by Crippen LogP contribution is 2.34. The second-order valence-electron chi connectivity index (χ2n) is 3.22. The Morgan fingerprint density at radius 2 is 2.18 bits per heavy atom. The van der Waals surface area contributed by atoms with E-state index in [2.05, 4.69) is 15.0 Å². The van der Waals surface area contributed by atoms with Crippen LogP contribution in [0.2, 0.25) is 0 Å².